The van der Waals surface area contributed by atoms with Crippen LogP contribution in [-0.4, -0.2) is 37.0 Å². The van der Waals surface area contributed by atoms with Crippen LogP contribution in [0, 0.1) is 0 Å². The molecule has 0 fully saturated rings. The molecule has 0 aliphatic heterocycles. The molecule has 0 saturated heterocycles. The molecule has 1 aliphatic rings. The molecule has 0 heterocycles. The highest BCUT2D eigenvalue weighted by molar-refractivity contribution is 9.12. The Morgan fingerprint density at radius 2 is 1.82 bits per heavy atom. The van der Waals surface area contributed by atoms with Crippen LogP contribution in [-0.2, 0) is 25.0 Å². The monoisotopic (exact) mass is 346 g/mol. The van der Waals surface area contributed by atoms with E-state index in [0.29, 0.717) is 0 Å². The van der Waals surface area contributed by atoms with Crippen LogP contribution in [0.25, 0.3) is 0 Å². The Kier molecular flexibility index (Phi) is 3.65. The molecular formula is C7H7BrO7S2. The van der Waals surface area contributed by atoms with Crippen LogP contribution in [0.5, 0.6) is 0 Å². The van der Waals surface area contributed by atoms with Gasteiger partial charge >= 0.3 is 0 Å². The molecule has 10 heteroatoms. The zero-order valence-corrected chi connectivity index (χ0v) is 11.3. The number of halogens is 1. The normalized spacial score (nSPS) is 26.1. The van der Waals surface area contributed by atoms with Gasteiger partial charge in [0.05, 0.1) is 4.91 Å². The quantitative estimate of drug-likeness (QED) is 0.554. The van der Waals surface area contributed by atoms with E-state index in [1.807, 2.05) is 0 Å². The molecular weight excluding hydrogens is 340 g/mol. The summed E-state index contributed by atoms with van der Waals surface area (Å²) in [5.41, 5.74) is 0. The van der Waals surface area contributed by atoms with Gasteiger partial charge in [-0.2, -0.15) is 16.8 Å². The third-order valence-electron chi connectivity index (χ3n) is 2.21. The van der Waals surface area contributed by atoms with E-state index in [-0.39, 0.29) is 10.8 Å². The molecule has 0 spiro atoms. The van der Waals surface area contributed by atoms with Crippen LogP contribution in [0.15, 0.2) is 21.5 Å². The van der Waals surface area contributed by atoms with Gasteiger partial charge in [0, 0.05) is 10.9 Å². The highest BCUT2D eigenvalue weighted by Gasteiger charge is 2.45. The molecule has 0 saturated carbocycles. The van der Waals surface area contributed by atoms with Gasteiger partial charge < -0.3 is 4.79 Å². The van der Waals surface area contributed by atoms with Crippen molar-refractivity contribution < 1.29 is 30.7 Å². The number of rotatable bonds is 3. The molecule has 0 radical (unpaired) electrons. The van der Waals surface area contributed by atoms with Gasteiger partial charge in [0.2, 0.25) is 0 Å². The Bertz CT molecular complexity index is 613. The summed E-state index contributed by atoms with van der Waals surface area (Å²) < 4.78 is 59.4. The predicted molar refractivity (Wildman–Crippen MR) is 61.6 cm³/mol. The molecule has 2 N–H and O–H groups in total. The van der Waals surface area contributed by atoms with Crippen molar-refractivity contribution in [2.45, 2.75) is 11.2 Å². The first-order chi connectivity index (χ1) is 7.53. The standard InChI is InChI=1S/C7H7BrO7S2/c8-5-1-2-7(4-9,17(13,14)15)3-6(5)16(10,11)12/h1-2,4H,3H2,(H,10,11,12)(H,13,14,15). The summed E-state index contributed by atoms with van der Waals surface area (Å²) in [5, 5.41) is 0. The topological polar surface area (TPSA) is 126 Å². The Labute approximate surface area is 106 Å². The summed E-state index contributed by atoms with van der Waals surface area (Å²) in [6, 6.07) is 0. The highest BCUT2D eigenvalue weighted by atomic mass is 79.9. The zero-order valence-electron chi connectivity index (χ0n) is 8.07. The number of hydrogen-bond acceptors (Lipinski definition) is 5. The number of carbonyl (C=O) groups is 1. The van der Waals surface area contributed by atoms with E-state index in [2.05, 4.69) is 15.9 Å². The van der Waals surface area contributed by atoms with E-state index < -0.39 is 36.3 Å². The van der Waals surface area contributed by atoms with Crippen LogP contribution in [0.3, 0.4) is 0 Å². The molecule has 0 bridgehead atoms. The highest BCUT2D eigenvalue weighted by Crippen LogP contribution is 2.36. The number of hydrogen-bond donors (Lipinski definition) is 2. The maximum Gasteiger partial charge on any atom is 0.291 e. The molecule has 7 nitrogen and oxygen atoms in total. The van der Waals surface area contributed by atoms with Crippen molar-refractivity contribution in [3.63, 3.8) is 0 Å². The lowest BCUT2D eigenvalue weighted by molar-refractivity contribution is -0.109. The average Bonchev–Trinajstić information content (AvgIpc) is 2.15. The zero-order chi connectivity index (χ0) is 13.5. The van der Waals surface area contributed by atoms with Crippen molar-refractivity contribution in [2.75, 3.05) is 0 Å². The first-order valence-corrected chi connectivity index (χ1v) is 7.69. The van der Waals surface area contributed by atoms with Crippen molar-refractivity contribution >= 4 is 42.5 Å². The molecule has 0 amide bonds. The fraction of sp³-hybridized carbons (Fsp3) is 0.286. The van der Waals surface area contributed by atoms with Crippen molar-refractivity contribution in [3.05, 3.63) is 21.5 Å². The molecule has 0 aromatic heterocycles. The second-order valence-corrected chi connectivity index (χ2v) is 7.31. The lowest BCUT2D eigenvalue weighted by Crippen LogP contribution is -2.40. The van der Waals surface area contributed by atoms with E-state index in [4.69, 9.17) is 9.11 Å². The van der Waals surface area contributed by atoms with Crippen molar-refractivity contribution in [3.8, 4) is 0 Å². The maximum atomic E-state index is 11.1. The summed E-state index contributed by atoms with van der Waals surface area (Å²) in [6.07, 6.45) is 0.845. The van der Waals surface area contributed by atoms with E-state index >= 15 is 0 Å². The summed E-state index contributed by atoms with van der Waals surface area (Å²) in [7, 11) is -9.51. The number of aldehydes is 1. The molecule has 0 aromatic carbocycles. The minimum absolute atomic E-state index is 0.0823. The van der Waals surface area contributed by atoms with Gasteiger partial charge in [-0.15, -0.1) is 0 Å². The molecule has 1 atom stereocenters. The van der Waals surface area contributed by atoms with Crippen LogP contribution in [0.1, 0.15) is 6.42 Å². The Morgan fingerprint density at radius 1 is 1.29 bits per heavy atom. The van der Waals surface area contributed by atoms with Gasteiger partial charge in [0.1, 0.15) is 6.29 Å². The van der Waals surface area contributed by atoms with E-state index in [0.717, 1.165) is 12.2 Å². The fourth-order valence-electron chi connectivity index (χ4n) is 1.23. The van der Waals surface area contributed by atoms with Gasteiger partial charge in [0.25, 0.3) is 20.2 Å². The Morgan fingerprint density at radius 3 is 2.18 bits per heavy atom. The first-order valence-electron chi connectivity index (χ1n) is 4.02. The molecule has 1 unspecified atom stereocenters. The van der Waals surface area contributed by atoms with E-state index in [1.54, 1.807) is 0 Å². The second kappa shape index (κ2) is 4.28. The average molecular weight is 347 g/mol. The van der Waals surface area contributed by atoms with Gasteiger partial charge in [-0.3, -0.25) is 9.11 Å². The largest absolute Gasteiger partial charge is 0.301 e. The summed E-state index contributed by atoms with van der Waals surface area (Å²) >= 11 is 2.80. The van der Waals surface area contributed by atoms with Crippen molar-refractivity contribution in [1.82, 2.24) is 0 Å². The van der Waals surface area contributed by atoms with Crippen LogP contribution in [0.2, 0.25) is 0 Å². The van der Waals surface area contributed by atoms with Gasteiger partial charge in [-0.25, -0.2) is 0 Å². The van der Waals surface area contributed by atoms with Crippen LogP contribution >= 0.6 is 15.9 Å². The number of allylic oxidation sites excluding steroid dienone is 3. The van der Waals surface area contributed by atoms with Crippen LogP contribution < -0.4 is 0 Å². The summed E-state index contributed by atoms with van der Waals surface area (Å²) in [6.45, 7) is 0. The molecule has 17 heavy (non-hydrogen) atoms. The smallest absolute Gasteiger partial charge is 0.291 e. The van der Waals surface area contributed by atoms with Crippen molar-refractivity contribution in [1.29, 1.82) is 0 Å². The Hall–Kier alpha value is -0.550. The Balaban J connectivity index is 3.46. The fourth-order valence-corrected chi connectivity index (χ4v) is 3.64. The van der Waals surface area contributed by atoms with Gasteiger partial charge in [-0.1, -0.05) is 6.08 Å². The van der Waals surface area contributed by atoms with Crippen LogP contribution in [0.4, 0.5) is 0 Å². The number of carbonyl (C=O) groups excluding carboxylic acids is 1. The molecule has 96 valence electrons. The predicted octanol–water partition coefficient (Wildman–Crippen LogP) is 0.266. The minimum Gasteiger partial charge on any atom is -0.301 e. The SMILES string of the molecule is O=CC1(S(=O)(=O)O)C=CC(Br)=C(S(=O)(=O)O)C1. The van der Waals surface area contributed by atoms with E-state index in [1.165, 1.54) is 0 Å². The van der Waals surface area contributed by atoms with Gasteiger partial charge in [-0.05, 0) is 22.0 Å². The summed E-state index contributed by atoms with van der Waals surface area (Å²) in [4.78, 5) is 10.1. The molecule has 1 aliphatic carbocycles. The lowest BCUT2D eigenvalue weighted by atomic mass is 10.0. The maximum absolute atomic E-state index is 11.1. The second-order valence-electron chi connectivity index (χ2n) is 3.30. The lowest BCUT2D eigenvalue weighted by Gasteiger charge is -2.24. The molecule has 0 aromatic rings. The summed E-state index contributed by atoms with van der Waals surface area (Å²) in [5.74, 6) is 0. The molecule has 1 rings (SSSR count). The van der Waals surface area contributed by atoms with E-state index in [9.17, 15) is 21.6 Å². The first kappa shape index (κ1) is 14.5. The third-order valence-corrected chi connectivity index (χ3v) is 5.54. The van der Waals surface area contributed by atoms with Gasteiger partial charge in [0.15, 0.2) is 4.75 Å². The minimum atomic E-state index is -4.84. The van der Waals surface area contributed by atoms with Crippen molar-refractivity contribution in [2.24, 2.45) is 0 Å². The third kappa shape index (κ3) is 2.65.